The topological polar surface area (TPSA) is 66.9 Å². The first-order valence-electron chi connectivity index (χ1n) is 8.32. The van der Waals surface area contributed by atoms with E-state index in [0.29, 0.717) is 30.6 Å². The fraction of sp³-hybridized carbons (Fsp3) is 0.150. The summed E-state index contributed by atoms with van der Waals surface area (Å²) in [4.78, 5) is 20.3. The van der Waals surface area contributed by atoms with E-state index in [4.69, 9.17) is 0 Å². The van der Waals surface area contributed by atoms with Crippen molar-refractivity contribution < 1.29 is 9.18 Å². The molecule has 2 N–H and O–H groups in total. The van der Waals surface area contributed by atoms with E-state index in [9.17, 15) is 9.18 Å². The van der Waals surface area contributed by atoms with E-state index in [1.54, 1.807) is 36.8 Å². The van der Waals surface area contributed by atoms with Crippen molar-refractivity contribution in [1.82, 2.24) is 15.3 Å². The second-order valence-electron chi connectivity index (χ2n) is 5.77. The van der Waals surface area contributed by atoms with Gasteiger partial charge in [0.05, 0.1) is 11.3 Å². The van der Waals surface area contributed by atoms with E-state index in [0.717, 1.165) is 11.3 Å². The van der Waals surface area contributed by atoms with Gasteiger partial charge in [0.15, 0.2) is 0 Å². The fourth-order valence-corrected chi connectivity index (χ4v) is 2.49. The highest BCUT2D eigenvalue weighted by Crippen LogP contribution is 2.11. The van der Waals surface area contributed by atoms with Crippen LogP contribution in [0.2, 0.25) is 0 Å². The summed E-state index contributed by atoms with van der Waals surface area (Å²) < 4.78 is 13.6. The third-order valence-electron chi connectivity index (χ3n) is 3.88. The predicted octanol–water partition coefficient (Wildman–Crippen LogP) is 3.20. The minimum Gasteiger partial charge on any atom is -0.383 e. The number of aromatic nitrogens is 2. The smallest absolute Gasteiger partial charge is 0.253 e. The molecule has 0 saturated heterocycles. The van der Waals surface area contributed by atoms with Crippen LogP contribution >= 0.6 is 0 Å². The van der Waals surface area contributed by atoms with Gasteiger partial charge in [-0.05, 0) is 41.8 Å². The number of hydrogen-bond donors (Lipinski definition) is 2. The van der Waals surface area contributed by atoms with Gasteiger partial charge in [0.25, 0.3) is 5.91 Å². The highest BCUT2D eigenvalue weighted by Gasteiger charge is 2.07. The number of halogens is 1. The first kappa shape index (κ1) is 17.5. The molecule has 0 fully saturated rings. The zero-order chi connectivity index (χ0) is 18.2. The molecule has 0 bridgehead atoms. The number of carbonyl (C=O) groups excluding carboxylic acids is 1. The molecule has 0 aliphatic rings. The molecule has 0 unspecified atom stereocenters. The molecule has 2 heterocycles. The van der Waals surface area contributed by atoms with E-state index in [2.05, 4.69) is 20.6 Å². The Labute approximate surface area is 151 Å². The normalized spacial score (nSPS) is 10.3. The van der Waals surface area contributed by atoms with Crippen LogP contribution in [-0.2, 0) is 13.0 Å². The number of rotatable bonds is 7. The SMILES string of the molecule is O=C(NCc1ccncc1)c1cncc(NCCc2ccccc2F)c1. The number of hydrogen-bond acceptors (Lipinski definition) is 4. The Balaban J connectivity index is 1.54. The fourth-order valence-electron chi connectivity index (χ4n) is 2.49. The summed E-state index contributed by atoms with van der Waals surface area (Å²) in [6.45, 7) is 0.969. The summed E-state index contributed by atoms with van der Waals surface area (Å²) in [5.41, 5.74) is 2.81. The van der Waals surface area contributed by atoms with E-state index < -0.39 is 0 Å². The molecule has 132 valence electrons. The van der Waals surface area contributed by atoms with Gasteiger partial charge in [-0.15, -0.1) is 0 Å². The molecule has 0 atom stereocenters. The van der Waals surface area contributed by atoms with Crippen LogP contribution in [0, 0.1) is 5.82 Å². The predicted molar refractivity (Wildman–Crippen MR) is 98.2 cm³/mol. The van der Waals surface area contributed by atoms with Crippen LogP contribution in [0.5, 0.6) is 0 Å². The van der Waals surface area contributed by atoms with Crippen molar-refractivity contribution in [2.75, 3.05) is 11.9 Å². The van der Waals surface area contributed by atoms with Gasteiger partial charge in [0, 0.05) is 37.9 Å². The van der Waals surface area contributed by atoms with Crippen LogP contribution < -0.4 is 10.6 Å². The molecule has 2 aromatic heterocycles. The Morgan fingerprint density at radius 2 is 1.85 bits per heavy atom. The largest absolute Gasteiger partial charge is 0.383 e. The lowest BCUT2D eigenvalue weighted by atomic mass is 10.1. The highest BCUT2D eigenvalue weighted by atomic mass is 19.1. The average Bonchev–Trinajstić information content (AvgIpc) is 2.69. The van der Waals surface area contributed by atoms with Crippen molar-refractivity contribution in [2.45, 2.75) is 13.0 Å². The first-order chi connectivity index (χ1) is 12.7. The second-order valence-corrected chi connectivity index (χ2v) is 5.77. The van der Waals surface area contributed by atoms with Crippen LogP contribution in [0.15, 0.2) is 67.3 Å². The minimum absolute atomic E-state index is 0.202. The maximum Gasteiger partial charge on any atom is 0.253 e. The molecule has 0 radical (unpaired) electrons. The molecule has 0 saturated carbocycles. The standard InChI is InChI=1S/C20H19FN4O/c21-19-4-2-1-3-16(19)7-10-24-18-11-17(13-23-14-18)20(26)25-12-15-5-8-22-9-6-15/h1-6,8-9,11,13-14,24H,7,10,12H2,(H,25,26). The first-order valence-corrected chi connectivity index (χ1v) is 8.32. The van der Waals surface area contributed by atoms with Crippen LogP contribution in [0.3, 0.4) is 0 Å². The molecule has 6 heteroatoms. The van der Waals surface area contributed by atoms with Gasteiger partial charge in [0.2, 0.25) is 0 Å². The number of anilines is 1. The Kier molecular flexibility index (Phi) is 5.88. The van der Waals surface area contributed by atoms with Crippen LogP contribution in [0.4, 0.5) is 10.1 Å². The number of nitrogens with one attached hydrogen (secondary N) is 2. The van der Waals surface area contributed by atoms with Crippen molar-refractivity contribution >= 4 is 11.6 Å². The lowest BCUT2D eigenvalue weighted by Crippen LogP contribution is -2.23. The summed E-state index contributed by atoms with van der Waals surface area (Å²) in [5.74, 6) is -0.413. The molecule has 1 aromatic carbocycles. The number of carbonyl (C=O) groups is 1. The molecule has 3 rings (SSSR count). The number of amides is 1. The third-order valence-corrected chi connectivity index (χ3v) is 3.88. The van der Waals surface area contributed by atoms with E-state index in [1.807, 2.05) is 18.2 Å². The summed E-state index contributed by atoms with van der Waals surface area (Å²) >= 11 is 0. The van der Waals surface area contributed by atoms with Gasteiger partial charge in [-0.2, -0.15) is 0 Å². The van der Waals surface area contributed by atoms with E-state index >= 15 is 0 Å². The second kappa shape index (κ2) is 8.71. The molecule has 1 amide bonds. The maximum atomic E-state index is 13.6. The lowest BCUT2D eigenvalue weighted by molar-refractivity contribution is 0.0950. The number of nitrogens with zero attached hydrogens (tertiary/aromatic N) is 2. The zero-order valence-corrected chi connectivity index (χ0v) is 14.2. The van der Waals surface area contributed by atoms with Crippen molar-refractivity contribution in [3.8, 4) is 0 Å². The molecule has 26 heavy (non-hydrogen) atoms. The number of pyridine rings is 2. The Hall–Kier alpha value is -3.28. The summed E-state index contributed by atoms with van der Waals surface area (Å²) in [6.07, 6.45) is 7.07. The third kappa shape index (κ3) is 4.86. The van der Waals surface area contributed by atoms with Crippen LogP contribution in [0.25, 0.3) is 0 Å². The molecular weight excluding hydrogens is 331 g/mol. The molecule has 0 aliphatic heterocycles. The van der Waals surface area contributed by atoms with Crippen molar-refractivity contribution in [2.24, 2.45) is 0 Å². The number of benzene rings is 1. The van der Waals surface area contributed by atoms with Gasteiger partial charge in [-0.1, -0.05) is 18.2 Å². The van der Waals surface area contributed by atoms with Crippen LogP contribution in [-0.4, -0.2) is 22.4 Å². The summed E-state index contributed by atoms with van der Waals surface area (Å²) in [5, 5.41) is 6.02. The molecular formula is C20H19FN4O. The van der Waals surface area contributed by atoms with Crippen molar-refractivity contribution in [3.05, 3.63) is 89.8 Å². The van der Waals surface area contributed by atoms with Crippen LogP contribution in [0.1, 0.15) is 21.5 Å². The Morgan fingerprint density at radius 1 is 1.04 bits per heavy atom. The average molecular weight is 350 g/mol. The van der Waals surface area contributed by atoms with Crippen molar-refractivity contribution in [3.63, 3.8) is 0 Å². The monoisotopic (exact) mass is 350 g/mol. The van der Waals surface area contributed by atoms with Crippen molar-refractivity contribution in [1.29, 1.82) is 0 Å². The maximum absolute atomic E-state index is 13.6. The molecule has 0 aliphatic carbocycles. The van der Waals surface area contributed by atoms with E-state index in [1.165, 1.54) is 12.3 Å². The van der Waals surface area contributed by atoms with Gasteiger partial charge in [0.1, 0.15) is 5.82 Å². The minimum atomic E-state index is -0.211. The lowest BCUT2D eigenvalue weighted by Gasteiger charge is -2.09. The van der Waals surface area contributed by atoms with Gasteiger partial charge >= 0.3 is 0 Å². The Bertz CT molecular complexity index is 870. The Morgan fingerprint density at radius 3 is 2.65 bits per heavy atom. The molecule has 3 aromatic rings. The summed E-state index contributed by atoms with van der Waals surface area (Å²) in [7, 11) is 0. The van der Waals surface area contributed by atoms with Gasteiger partial charge in [-0.25, -0.2) is 4.39 Å². The van der Waals surface area contributed by atoms with E-state index in [-0.39, 0.29) is 11.7 Å². The molecule has 5 nitrogen and oxygen atoms in total. The highest BCUT2D eigenvalue weighted by molar-refractivity contribution is 5.94. The summed E-state index contributed by atoms with van der Waals surface area (Å²) in [6, 6.07) is 12.1. The van der Waals surface area contributed by atoms with Gasteiger partial charge in [-0.3, -0.25) is 14.8 Å². The quantitative estimate of drug-likeness (QED) is 0.687. The van der Waals surface area contributed by atoms with Gasteiger partial charge < -0.3 is 10.6 Å². The zero-order valence-electron chi connectivity index (χ0n) is 14.2. The molecule has 0 spiro atoms.